The first-order valence-corrected chi connectivity index (χ1v) is 4.89. The predicted octanol–water partition coefficient (Wildman–Crippen LogP) is 0.954. The van der Waals surface area contributed by atoms with Crippen LogP contribution in [0.5, 0.6) is 0 Å². The third-order valence-corrected chi connectivity index (χ3v) is 2.53. The van der Waals surface area contributed by atoms with Crippen LogP contribution in [-0.4, -0.2) is 34.2 Å². The van der Waals surface area contributed by atoms with Crippen LogP contribution in [0, 0.1) is 0 Å². The summed E-state index contributed by atoms with van der Waals surface area (Å²) in [7, 11) is 0. The van der Waals surface area contributed by atoms with Crippen molar-refractivity contribution in [1.29, 1.82) is 0 Å². The van der Waals surface area contributed by atoms with Crippen LogP contribution in [0.4, 0.5) is 0 Å². The van der Waals surface area contributed by atoms with Crippen molar-refractivity contribution >= 4 is 5.97 Å². The Bertz CT molecular complexity index is 245. The van der Waals surface area contributed by atoms with Crippen molar-refractivity contribution in [2.75, 3.05) is 0 Å². The Hall–Kier alpha value is -0.690. The van der Waals surface area contributed by atoms with Gasteiger partial charge in [0, 0.05) is 0 Å². The van der Waals surface area contributed by atoms with Gasteiger partial charge >= 0.3 is 5.97 Å². The summed E-state index contributed by atoms with van der Waals surface area (Å²) in [4.78, 5) is 15.6. The lowest BCUT2D eigenvalue weighted by Crippen LogP contribution is -2.50. The van der Waals surface area contributed by atoms with Crippen molar-refractivity contribution in [1.82, 2.24) is 5.06 Å². The predicted molar refractivity (Wildman–Crippen MR) is 48.9 cm³/mol. The van der Waals surface area contributed by atoms with Gasteiger partial charge in [0.2, 0.25) is 0 Å². The standard InChI is InChI=1S/C9H16NO5/c1-6(2)14-8(11)9(3)5-4-7(15-13)10(9)12/h6-7,13H,4-5H2,1-3H3. The SMILES string of the molecule is CC(C)OC(=O)C1(C)CCC(OO)N1[O]. The molecule has 1 rings (SSSR count). The molecule has 2 unspecified atom stereocenters. The highest BCUT2D eigenvalue weighted by Gasteiger charge is 2.51. The molecule has 0 aromatic rings. The molecule has 15 heavy (non-hydrogen) atoms. The lowest BCUT2D eigenvalue weighted by Gasteiger charge is -2.28. The van der Waals surface area contributed by atoms with Crippen LogP contribution in [0.15, 0.2) is 0 Å². The van der Waals surface area contributed by atoms with Crippen molar-refractivity contribution in [2.45, 2.75) is 51.5 Å². The lowest BCUT2D eigenvalue weighted by atomic mass is 10.0. The van der Waals surface area contributed by atoms with Gasteiger partial charge < -0.3 is 4.74 Å². The van der Waals surface area contributed by atoms with Crippen LogP contribution in [0.1, 0.15) is 33.6 Å². The Kier molecular flexibility index (Phi) is 3.67. The first kappa shape index (κ1) is 12.4. The average Bonchev–Trinajstić information content (AvgIpc) is 2.44. The van der Waals surface area contributed by atoms with E-state index in [2.05, 4.69) is 4.89 Å². The summed E-state index contributed by atoms with van der Waals surface area (Å²) >= 11 is 0. The van der Waals surface area contributed by atoms with E-state index in [4.69, 9.17) is 9.99 Å². The molecule has 6 nitrogen and oxygen atoms in total. The number of hydroxylamine groups is 2. The zero-order chi connectivity index (χ0) is 11.6. The maximum absolute atomic E-state index is 11.6. The number of ether oxygens (including phenoxy) is 1. The number of nitrogens with zero attached hydrogens (tertiary/aromatic N) is 1. The minimum absolute atomic E-state index is 0.267. The van der Waals surface area contributed by atoms with Crippen LogP contribution in [0.2, 0.25) is 0 Å². The molecule has 0 amide bonds. The molecule has 1 aliphatic heterocycles. The van der Waals surface area contributed by atoms with Crippen LogP contribution in [0.25, 0.3) is 0 Å². The largest absolute Gasteiger partial charge is 0.462 e. The van der Waals surface area contributed by atoms with E-state index in [1.807, 2.05) is 0 Å². The molecule has 0 aliphatic carbocycles. The molecule has 87 valence electrons. The van der Waals surface area contributed by atoms with Crippen molar-refractivity contribution in [3.05, 3.63) is 0 Å². The fraction of sp³-hybridized carbons (Fsp3) is 0.889. The topological polar surface area (TPSA) is 78.9 Å². The highest BCUT2D eigenvalue weighted by atomic mass is 17.1. The Morgan fingerprint density at radius 1 is 1.60 bits per heavy atom. The van der Waals surface area contributed by atoms with Crippen LogP contribution < -0.4 is 0 Å². The van der Waals surface area contributed by atoms with Crippen molar-refractivity contribution in [2.24, 2.45) is 0 Å². The smallest absolute Gasteiger partial charge is 0.329 e. The van der Waals surface area contributed by atoms with E-state index in [1.165, 1.54) is 6.92 Å². The zero-order valence-electron chi connectivity index (χ0n) is 9.10. The van der Waals surface area contributed by atoms with Gasteiger partial charge in [0.15, 0.2) is 6.23 Å². The van der Waals surface area contributed by atoms with Crippen LogP contribution in [-0.2, 0) is 19.6 Å². The van der Waals surface area contributed by atoms with Gasteiger partial charge in [0.1, 0.15) is 5.54 Å². The van der Waals surface area contributed by atoms with E-state index >= 15 is 0 Å². The fourth-order valence-corrected chi connectivity index (χ4v) is 1.58. The second-order valence-corrected chi connectivity index (χ2v) is 4.15. The molecule has 1 radical (unpaired) electrons. The van der Waals surface area contributed by atoms with E-state index in [0.717, 1.165) is 0 Å². The van der Waals surface area contributed by atoms with Gasteiger partial charge in [0.25, 0.3) is 0 Å². The molecule has 1 aliphatic rings. The first-order valence-electron chi connectivity index (χ1n) is 4.89. The molecule has 0 spiro atoms. The average molecular weight is 218 g/mol. The molecule has 1 fully saturated rings. The summed E-state index contributed by atoms with van der Waals surface area (Å²) in [5.74, 6) is -0.577. The summed E-state index contributed by atoms with van der Waals surface area (Å²) in [6.07, 6.45) is -0.622. The second kappa shape index (κ2) is 4.44. The Morgan fingerprint density at radius 3 is 2.60 bits per heavy atom. The van der Waals surface area contributed by atoms with Gasteiger partial charge in [-0.2, -0.15) is 0 Å². The van der Waals surface area contributed by atoms with E-state index < -0.39 is 17.7 Å². The highest BCUT2D eigenvalue weighted by Crippen LogP contribution is 2.33. The number of esters is 1. The van der Waals surface area contributed by atoms with Crippen LogP contribution in [0.3, 0.4) is 0 Å². The van der Waals surface area contributed by atoms with Crippen LogP contribution >= 0.6 is 0 Å². The van der Waals surface area contributed by atoms with Crippen molar-refractivity contribution in [3.8, 4) is 0 Å². The molecule has 0 saturated carbocycles. The minimum atomic E-state index is -1.25. The molecule has 1 heterocycles. The minimum Gasteiger partial charge on any atom is -0.462 e. The highest BCUT2D eigenvalue weighted by molar-refractivity contribution is 5.80. The number of carbonyl (C=O) groups is 1. The summed E-state index contributed by atoms with van der Waals surface area (Å²) < 4.78 is 4.98. The summed E-state index contributed by atoms with van der Waals surface area (Å²) in [6, 6.07) is 0. The van der Waals surface area contributed by atoms with E-state index in [9.17, 15) is 10.0 Å². The maximum Gasteiger partial charge on any atom is 0.329 e. The van der Waals surface area contributed by atoms with Gasteiger partial charge in [-0.05, 0) is 33.6 Å². The summed E-state index contributed by atoms with van der Waals surface area (Å²) in [6.45, 7) is 4.92. The Morgan fingerprint density at radius 2 is 2.20 bits per heavy atom. The van der Waals surface area contributed by atoms with E-state index in [-0.39, 0.29) is 6.10 Å². The number of hydrogen-bond donors (Lipinski definition) is 1. The molecule has 2 atom stereocenters. The fourth-order valence-electron chi connectivity index (χ4n) is 1.58. The zero-order valence-corrected chi connectivity index (χ0v) is 9.10. The monoisotopic (exact) mass is 218 g/mol. The number of rotatable bonds is 3. The third kappa shape index (κ3) is 2.28. The lowest BCUT2D eigenvalue weighted by molar-refractivity contribution is -0.375. The third-order valence-electron chi connectivity index (χ3n) is 2.53. The van der Waals surface area contributed by atoms with Gasteiger partial charge in [0.05, 0.1) is 6.10 Å². The van der Waals surface area contributed by atoms with Gasteiger partial charge in [-0.25, -0.2) is 9.68 Å². The van der Waals surface area contributed by atoms with E-state index in [1.54, 1.807) is 13.8 Å². The first-order chi connectivity index (χ1) is 6.91. The van der Waals surface area contributed by atoms with Crippen molar-refractivity contribution < 1.29 is 24.9 Å². The Labute approximate surface area is 88.3 Å². The van der Waals surface area contributed by atoms with Gasteiger partial charge in [-0.3, -0.25) is 5.26 Å². The van der Waals surface area contributed by atoms with Crippen molar-refractivity contribution in [3.63, 3.8) is 0 Å². The summed E-state index contributed by atoms with van der Waals surface area (Å²) in [5, 5.41) is 20.5. The Balaban J connectivity index is 2.71. The number of carbonyl (C=O) groups excluding carboxylic acids is 1. The van der Waals surface area contributed by atoms with E-state index in [0.29, 0.717) is 17.9 Å². The quantitative estimate of drug-likeness (QED) is 0.433. The number of hydrogen-bond acceptors (Lipinski definition) is 5. The maximum atomic E-state index is 11.6. The molecule has 6 heteroatoms. The molecular formula is C9H16NO5. The second-order valence-electron chi connectivity index (χ2n) is 4.15. The molecule has 1 N–H and O–H groups in total. The van der Waals surface area contributed by atoms with Gasteiger partial charge in [-0.1, -0.05) is 0 Å². The molecule has 1 saturated heterocycles. The van der Waals surface area contributed by atoms with Gasteiger partial charge in [-0.15, -0.1) is 10.3 Å². The molecule has 0 aromatic heterocycles. The molecular weight excluding hydrogens is 202 g/mol. The summed E-state index contributed by atoms with van der Waals surface area (Å²) in [5.41, 5.74) is -1.25. The molecule has 0 bridgehead atoms. The normalized spacial score (nSPS) is 32.3. The molecule has 0 aromatic carbocycles.